The molecule has 0 unspecified atom stereocenters. The number of hydrogen-bond acceptors (Lipinski definition) is 4. The van der Waals surface area contributed by atoms with E-state index < -0.39 is 0 Å². The molecule has 0 radical (unpaired) electrons. The van der Waals surface area contributed by atoms with Gasteiger partial charge < -0.3 is 4.74 Å². The summed E-state index contributed by atoms with van der Waals surface area (Å²) in [5.41, 5.74) is 2.64. The highest BCUT2D eigenvalue weighted by atomic mass is 16.5. The molecule has 2 aromatic carbocycles. The molecule has 0 saturated heterocycles. The first-order chi connectivity index (χ1) is 10.8. The number of carbonyl (C=O) groups is 1. The highest BCUT2D eigenvalue weighted by Gasteiger charge is 2.44. The molecule has 0 spiro atoms. The summed E-state index contributed by atoms with van der Waals surface area (Å²) in [7, 11) is 0. The minimum atomic E-state index is -0.0490. The van der Waals surface area contributed by atoms with Crippen molar-refractivity contribution in [1.82, 2.24) is 0 Å². The lowest BCUT2D eigenvalue weighted by Crippen LogP contribution is -2.41. The maximum atomic E-state index is 12.1. The standard InChI is InChI=1S/C18H16N2O2/c1-12(21)18-17(13-7-3-2-4-8-13)15-11-22-16-10-6-5-9-14(16)20(15)19-18/h2-10,15,17H,11H2,1H3/t15-,17+/m0/s1. The van der Waals surface area contributed by atoms with Crippen molar-refractivity contribution in [2.75, 3.05) is 11.6 Å². The van der Waals surface area contributed by atoms with E-state index in [1.54, 1.807) is 6.92 Å². The average molecular weight is 292 g/mol. The number of hydrogen-bond donors (Lipinski definition) is 0. The van der Waals surface area contributed by atoms with Crippen molar-refractivity contribution in [2.45, 2.75) is 18.9 Å². The number of ether oxygens (including phenoxy) is 1. The van der Waals surface area contributed by atoms with Gasteiger partial charge in [-0.25, -0.2) is 0 Å². The minimum absolute atomic E-state index is 0.0146. The van der Waals surface area contributed by atoms with Crippen LogP contribution in [0.2, 0.25) is 0 Å². The van der Waals surface area contributed by atoms with E-state index in [0.29, 0.717) is 12.3 Å². The fourth-order valence-corrected chi connectivity index (χ4v) is 3.25. The molecule has 110 valence electrons. The van der Waals surface area contributed by atoms with Gasteiger partial charge in [0, 0.05) is 6.92 Å². The summed E-state index contributed by atoms with van der Waals surface area (Å²) in [6.07, 6.45) is 0. The van der Waals surface area contributed by atoms with E-state index >= 15 is 0 Å². The summed E-state index contributed by atoms with van der Waals surface area (Å²) in [5, 5.41) is 6.58. The molecule has 2 aliphatic rings. The zero-order valence-corrected chi connectivity index (χ0v) is 12.3. The molecule has 2 aromatic rings. The van der Waals surface area contributed by atoms with Gasteiger partial charge in [-0.2, -0.15) is 5.10 Å². The van der Waals surface area contributed by atoms with Gasteiger partial charge in [-0.3, -0.25) is 9.80 Å². The Kier molecular flexibility index (Phi) is 2.96. The summed E-state index contributed by atoms with van der Waals surface area (Å²) >= 11 is 0. The smallest absolute Gasteiger partial charge is 0.176 e. The van der Waals surface area contributed by atoms with Crippen LogP contribution in [0.5, 0.6) is 5.75 Å². The molecule has 2 atom stereocenters. The first kappa shape index (κ1) is 13.1. The summed E-state index contributed by atoms with van der Waals surface area (Å²) in [6, 6.07) is 17.9. The van der Waals surface area contributed by atoms with Gasteiger partial charge in [0.25, 0.3) is 0 Å². The van der Waals surface area contributed by atoms with Crippen molar-refractivity contribution in [3.05, 3.63) is 60.2 Å². The van der Waals surface area contributed by atoms with Crippen molar-refractivity contribution >= 4 is 17.2 Å². The number of anilines is 1. The normalized spacial score (nSPS) is 22.4. The molecule has 0 N–H and O–H groups in total. The number of ketones is 1. The summed E-state index contributed by atoms with van der Waals surface area (Å²) in [5.74, 6) is 0.784. The molecule has 22 heavy (non-hydrogen) atoms. The summed E-state index contributed by atoms with van der Waals surface area (Å²) in [6.45, 7) is 2.11. The second kappa shape index (κ2) is 4.98. The number of Topliss-reactive ketones (excluding diaryl/α,β-unsaturated/α-hetero) is 1. The van der Waals surface area contributed by atoms with Crippen LogP contribution in [-0.4, -0.2) is 24.1 Å². The van der Waals surface area contributed by atoms with E-state index in [-0.39, 0.29) is 17.7 Å². The van der Waals surface area contributed by atoms with Gasteiger partial charge in [-0.15, -0.1) is 0 Å². The molecule has 4 heteroatoms. The number of benzene rings is 2. The Balaban J connectivity index is 1.82. The van der Waals surface area contributed by atoms with Gasteiger partial charge in [0.05, 0.1) is 12.0 Å². The maximum Gasteiger partial charge on any atom is 0.176 e. The summed E-state index contributed by atoms with van der Waals surface area (Å²) in [4.78, 5) is 12.1. The SMILES string of the molecule is CC(=O)C1=NN2c3ccccc3OC[C@H]2[C@H]1c1ccccc1. The second-order valence-electron chi connectivity index (χ2n) is 5.62. The molecule has 0 fully saturated rings. The van der Waals surface area contributed by atoms with Gasteiger partial charge in [0.1, 0.15) is 23.8 Å². The molecule has 0 aliphatic carbocycles. The zero-order valence-electron chi connectivity index (χ0n) is 12.3. The molecular weight excluding hydrogens is 276 g/mol. The van der Waals surface area contributed by atoms with Crippen molar-refractivity contribution in [3.63, 3.8) is 0 Å². The Morgan fingerprint density at radius 2 is 1.86 bits per heavy atom. The Morgan fingerprint density at radius 1 is 1.14 bits per heavy atom. The van der Waals surface area contributed by atoms with Crippen LogP contribution in [0.1, 0.15) is 18.4 Å². The monoisotopic (exact) mass is 292 g/mol. The van der Waals surface area contributed by atoms with Gasteiger partial charge in [-0.05, 0) is 17.7 Å². The third kappa shape index (κ3) is 1.91. The van der Waals surface area contributed by atoms with E-state index in [1.165, 1.54) is 0 Å². The van der Waals surface area contributed by atoms with Crippen molar-refractivity contribution in [3.8, 4) is 5.75 Å². The lowest BCUT2D eigenvalue weighted by Gasteiger charge is -2.33. The van der Waals surface area contributed by atoms with E-state index in [0.717, 1.165) is 17.0 Å². The zero-order chi connectivity index (χ0) is 15.1. The predicted molar refractivity (Wildman–Crippen MR) is 85.5 cm³/mol. The number of hydrazone groups is 1. The van der Waals surface area contributed by atoms with E-state index in [9.17, 15) is 4.79 Å². The van der Waals surface area contributed by atoms with Gasteiger partial charge in [0.2, 0.25) is 0 Å². The minimum Gasteiger partial charge on any atom is -0.489 e. The van der Waals surface area contributed by atoms with Gasteiger partial charge >= 0.3 is 0 Å². The van der Waals surface area contributed by atoms with Crippen LogP contribution >= 0.6 is 0 Å². The van der Waals surface area contributed by atoms with Crippen LogP contribution in [0.15, 0.2) is 59.7 Å². The van der Waals surface area contributed by atoms with Crippen LogP contribution in [0.4, 0.5) is 5.69 Å². The number of nitrogens with zero attached hydrogens (tertiary/aromatic N) is 2. The van der Waals surface area contributed by atoms with Crippen molar-refractivity contribution < 1.29 is 9.53 Å². The van der Waals surface area contributed by atoms with E-state index in [4.69, 9.17) is 4.74 Å². The molecule has 4 rings (SSSR count). The average Bonchev–Trinajstić information content (AvgIpc) is 2.96. The first-order valence-corrected chi connectivity index (χ1v) is 7.41. The molecule has 0 aromatic heterocycles. The highest BCUT2D eigenvalue weighted by molar-refractivity contribution is 6.42. The second-order valence-corrected chi connectivity index (χ2v) is 5.62. The molecule has 2 heterocycles. The van der Waals surface area contributed by atoms with E-state index in [2.05, 4.69) is 5.10 Å². The Labute approximate surface area is 129 Å². The molecule has 0 saturated carbocycles. The van der Waals surface area contributed by atoms with Crippen LogP contribution in [0, 0.1) is 0 Å². The predicted octanol–water partition coefficient (Wildman–Crippen LogP) is 3.00. The fraction of sp³-hybridized carbons (Fsp3) is 0.222. The number of fused-ring (bicyclic) bond motifs is 3. The van der Waals surface area contributed by atoms with Crippen LogP contribution in [-0.2, 0) is 4.79 Å². The number of rotatable bonds is 2. The number of para-hydroxylation sites is 2. The van der Waals surface area contributed by atoms with Crippen molar-refractivity contribution in [2.24, 2.45) is 5.10 Å². The van der Waals surface area contributed by atoms with Gasteiger partial charge in [0.15, 0.2) is 5.78 Å². The molecule has 2 aliphatic heterocycles. The Hall–Kier alpha value is -2.62. The van der Waals surface area contributed by atoms with E-state index in [1.807, 2.05) is 59.6 Å². The molecular formula is C18H16N2O2. The molecule has 4 nitrogen and oxygen atoms in total. The Bertz CT molecular complexity index is 755. The highest BCUT2D eigenvalue weighted by Crippen LogP contribution is 2.42. The third-order valence-corrected chi connectivity index (χ3v) is 4.25. The van der Waals surface area contributed by atoms with Crippen LogP contribution in [0.3, 0.4) is 0 Å². The summed E-state index contributed by atoms with van der Waals surface area (Å²) < 4.78 is 5.89. The lowest BCUT2D eigenvalue weighted by molar-refractivity contribution is -0.111. The van der Waals surface area contributed by atoms with Crippen molar-refractivity contribution in [1.29, 1.82) is 0 Å². The fourth-order valence-electron chi connectivity index (χ4n) is 3.25. The topological polar surface area (TPSA) is 41.9 Å². The molecule has 0 amide bonds. The number of carbonyl (C=O) groups excluding carboxylic acids is 1. The quantitative estimate of drug-likeness (QED) is 0.854. The third-order valence-electron chi connectivity index (χ3n) is 4.25. The van der Waals surface area contributed by atoms with Gasteiger partial charge in [-0.1, -0.05) is 42.5 Å². The Morgan fingerprint density at radius 3 is 2.64 bits per heavy atom. The first-order valence-electron chi connectivity index (χ1n) is 7.41. The largest absolute Gasteiger partial charge is 0.489 e. The molecule has 0 bridgehead atoms. The maximum absolute atomic E-state index is 12.1. The van der Waals surface area contributed by atoms with Crippen LogP contribution < -0.4 is 9.75 Å². The lowest BCUT2D eigenvalue weighted by atomic mass is 9.86. The van der Waals surface area contributed by atoms with Crippen LogP contribution in [0.25, 0.3) is 0 Å².